The van der Waals surface area contributed by atoms with Crippen LogP contribution < -0.4 is 10.4 Å². The fourth-order valence-corrected chi connectivity index (χ4v) is 17.3. The number of aliphatic hydroxyl groups excluding tert-OH is 1. The van der Waals surface area contributed by atoms with Crippen molar-refractivity contribution in [2.75, 3.05) is 13.2 Å². The van der Waals surface area contributed by atoms with E-state index in [2.05, 4.69) is 175 Å². The summed E-state index contributed by atoms with van der Waals surface area (Å²) in [6.45, 7) is 45.6. The first-order valence-electron chi connectivity index (χ1n) is 28.9. The highest BCUT2D eigenvalue weighted by Crippen LogP contribution is 2.45. The topological polar surface area (TPSA) is 102 Å². The van der Waals surface area contributed by atoms with Crippen molar-refractivity contribution < 1.29 is 42.1 Å². The minimum atomic E-state index is -2.70. The van der Waals surface area contributed by atoms with Crippen LogP contribution in [0.15, 0.2) is 133 Å². The first-order chi connectivity index (χ1) is 36.3. The van der Waals surface area contributed by atoms with Crippen LogP contribution >= 0.6 is 0 Å². The van der Waals surface area contributed by atoms with Gasteiger partial charge in [0.2, 0.25) is 0 Å². The SMILES string of the molecule is C=C(C[C@H](O[Si](C)(C)C(C)(C)C)[C@@H](C)[C@H](O)CCCCO[Si](c1ccccc1)(c1ccccc1)C(C)(C)C)[C@@H](O[Si](C)(C)C(C)(C)C)[C@@H]1O[C@H](COC(=O)C(C)(C)C)[C@@H](OCc2ccccc2)[C@H](OCc2ccccc2)[C@H]1C. The van der Waals surface area contributed by atoms with Crippen LogP contribution in [0.4, 0.5) is 0 Å². The van der Waals surface area contributed by atoms with Gasteiger partial charge in [-0.2, -0.15) is 0 Å². The normalized spacial score (nSPS) is 20.6. The van der Waals surface area contributed by atoms with Gasteiger partial charge in [0.1, 0.15) is 18.8 Å². The molecule has 1 fully saturated rings. The van der Waals surface area contributed by atoms with Gasteiger partial charge in [-0.1, -0.05) is 204 Å². The number of unbranched alkanes of at least 4 members (excludes halogenated alkanes) is 1. The number of aliphatic hydroxyl groups is 1. The van der Waals surface area contributed by atoms with Crippen LogP contribution in [0.2, 0.25) is 41.3 Å². The Hall–Kier alpha value is -3.54. The first-order valence-corrected chi connectivity index (χ1v) is 36.6. The molecule has 0 aromatic heterocycles. The molecule has 432 valence electrons. The molecule has 5 rings (SSSR count). The molecule has 4 aromatic rings. The Morgan fingerprint density at radius 1 is 0.641 bits per heavy atom. The van der Waals surface area contributed by atoms with E-state index in [1.54, 1.807) is 0 Å². The molecule has 1 N–H and O–H groups in total. The van der Waals surface area contributed by atoms with Gasteiger partial charge in [0.05, 0.1) is 49.1 Å². The van der Waals surface area contributed by atoms with Crippen molar-refractivity contribution in [3.8, 4) is 0 Å². The minimum absolute atomic E-state index is 0.0352. The highest BCUT2D eigenvalue weighted by Gasteiger charge is 2.53. The van der Waals surface area contributed by atoms with Crippen LogP contribution in [0.5, 0.6) is 0 Å². The van der Waals surface area contributed by atoms with Gasteiger partial charge in [-0.3, -0.25) is 4.79 Å². The first kappa shape index (κ1) is 65.3. The van der Waals surface area contributed by atoms with E-state index in [1.165, 1.54) is 10.4 Å². The predicted molar refractivity (Wildman–Crippen MR) is 329 cm³/mol. The van der Waals surface area contributed by atoms with Gasteiger partial charge in [0, 0.05) is 18.4 Å². The van der Waals surface area contributed by atoms with Crippen LogP contribution in [-0.2, 0) is 50.2 Å². The minimum Gasteiger partial charge on any atom is -0.462 e. The molecule has 0 amide bonds. The summed E-state index contributed by atoms with van der Waals surface area (Å²) >= 11 is 0. The lowest BCUT2D eigenvalue weighted by molar-refractivity contribution is -0.252. The Morgan fingerprint density at radius 2 is 1.09 bits per heavy atom. The van der Waals surface area contributed by atoms with Crippen molar-refractivity contribution in [1.82, 2.24) is 0 Å². The third-order valence-corrected chi connectivity index (χ3v) is 31.1. The summed E-state index contributed by atoms with van der Waals surface area (Å²) in [5.41, 5.74) is 2.16. The molecule has 0 aliphatic carbocycles. The number of esters is 1. The lowest BCUT2D eigenvalue weighted by Crippen LogP contribution is -2.66. The van der Waals surface area contributed by atoms with E-state index in [-0.39, 0.29) is 45.6 Å². The van der Waals surface area contributed by atoms with Gasteiger partial charge < -0.3 is 37.3 Å². The number of hydrogen-bond acceptors (Lipinski definition) is 9. The van der Waals surface area contributed by atoms with Crippen LogP contribution in [0.3, 0.4) is 0 Å². The van der Waals surface area contributed by atoms with Gasteiger partial charge in [-0.15, -0.1) is 0 Å². The van der Waals surface area contributed by atoms with Crippen molar-refractivity contribution >= 4 is 41.3 Å². The number of carbonyl (C=O) groups excluding carboxylic acids is 1. The molecule has 0 unspecified atom stereocenters. The van der Waals surface area contributed by atoms with E-state index in [4.69, 9.17) is 38.8 Å². The Bertz CT molecular complexity index is 2380. The maximum atomic E-state index is 13.6. The zero-order chi connectivity index (χ0) is 57.9. The quantitative estimate of drug-likeness (QED) is 0.0285. The molecule has 9 atom stereocenters. The summed E-state index contributed by atoms with van der Waals surface area (Å²) in [4.78, 5) is 13.6. The van der Waals surface area contributed by atoms with Gasteiger partial charge >= 0.3 is 5.97 Å². The molecule has 9 nitrogen and oxygen atoms in total. The standard InChI is InChI=1S/C66H102O9Si3/c1-48(44-56(74-76(16,17)64(7,8)9)49(2)55(67)42-32-33-43-72-78(66(13,14)15,53-38-28-22-29-39-53)54-40-30-23-31-41-54)58(75-77(18,19)65(10,11)12)60-50(3)59(69-45-51-34-24-20-25-35-51)61(70-46-52-36-26-21-27-37-52)57(73-60)47-71-62(68)63(4,5)6/h20-31,34-41,49-50,55-61,67H,1,32-33,42-47H2,2-19H3/t49-,50+,55+,56-,57+,58+,59+,60+,61+/m0/s1. The zero-order valence-electron chi connectivity index (χ0n) is 51.3. The smallest absolute Gasteiger partial charge is 0.311 e. The highest BCUT2D eigenvalue weighted by molar-refractivity contribution is 6.99. The van der Waals surface area contributed by atoms with E-state index < -0.39 is 67.0 Å². The maximum absolute atomic E-state index is 13.6. The molecular weight excluding hydrogens is 1020 g/mol. The molecule has 0 bridgehead atoms. The van der Waals surface area contributed by atoms with Gasteiger partial charge in [0.25, 0.3) is 8.32 Å². The number of benzene rings is 4. The predicted octanol–water partition coefficient (Wildman–Crippen LogP) is 14.6. The number of rotatable bonds is 26. The summed E-state index contributed by atoms with van der Waals surface area (Å²) < 4.78 is 49.8. The molecule has 1 saturated heterocycles. The summed E-state index contributed by atoms with van der Waals surface area (Å²) in [7, 11) is -7.68. The van der Waals surface area contributed by atoms with E-state index in [0.717, 1.165) is 29.5 Å². The average Bonchev–Trinajstić information content (AvgIpc) is 3.49. The average molecular weight is 1120 g/mol. The summed E-state index contributed by atoms with van der Waals surface area (Å²) in [6, 6.07) is 41.8. The van der Waals surface area contributed by atoms with Crippen molar-refractivity contribution in [3.63, 3.8) is 0 Å². The van der Waals surface area contributed by atoms with Crippen LogP contribution in [0, 0.1) is 17.3 Å². The third kappa shape index (κ3) is 17.0. The molecule has 0 radical (unpaired) electrons. The van der Waals surface area contributed by atoms with Crippen LogP contribution in [-0.4, -0.2) is 92.0 Å². The van der Waals surface area contributed by atoms with Gasteiger partial charge in [-0.05, 0) is 115 Å². The van der Waals surface area contributed by atoms with Gasteiger partial charge in [-0.25, -0.2) is 0 Å². The van der Waals surface area contributed by atoms with Crippen molar-refractivity contribution in [2.24, 2.45) is 17.3 Å². The van der Waals surface area contributed by atoms with Crippen molar-refractivity contribution in [2.45, 2.75) is 220 Å². The molecule has 1 heterocycles. The van der Waals surface area contributed by atoms with E-state index in [9.17, 15) is 9.90 Å². The fraction of sp³-hybridized carbons (Fsp3) is 0.591. The second kappa shape index (κ2) is 27.5. The van der Waals surface area contributed by atoms with E-state index in [1.807, 2.05) is 69.3 Å². The lowest BCUT2D eigenvalue weighted by Gasteiger charge is -2.50. The number of hydrogen-bond donors (Lipinski definition) is 1. The van der Waals surface area contributed by atoms with Gasteiger partial charge in [0.15, 0.2) is 16.6 Å². The summed E-state index contributed by atoms with van der Waals surface area (Å²) in [5, 5.41) is 14.5. The van der Waals surface area contributed by atoms with Crippen molar-refractivity contribution in [1.29, 1.82) is 0 Å². The summed E-state index contributed by atoms with van der Waals surface area (Å²) in [6.07, 6.45) is -1.36. The van der Waals surface area contributed by atoms with Crippen molar-refractivity contribution in [3.05, 3.63) is 145 Å². The second-order valence-corrected chi connectivity index (χ2v) is 41.2. The molecule has 1 aliphatic heterocycles. The van der Waals surface area contributed by atoms with E-state index in [0.29, 0.717) is 32.7 Å². The molecule has 0 spiro atoms. The Balaban J connectivity index is 1.49. The Labute approximate surface area is 475 Å². The second-order valence-electron chi connectivity index (χ2n) is 27.4. The maximum Gasteiger partial charge on any atom is 0.311 e. The largest absolute Gasteiger partial charge is 0.462 e. The van der Waals surface area contributed by atoms with Crippen LogP contribution in [0.25, 0.3) is 0 Å². The van der Waals surface area contributed by atoms with E-state index >= 15 is 0 Å². The highest BCUT2D eigenvalue weighted by atomic mass is 28.4. The zero-order valence-corrected chi connectivity index (χ0v) is 54.3. The molecule has 4 aromatic carbocycles. The molecule has 12 heteroatoms. The fourth-order valence-electron chi connectivity index (χ4n) is 10.0. The Kier molecular flexibility index (Phi) is 23.0. The third-order valence-electron chi connectivity index (χ3n) is 17.1. The molecular formula is C66H102O9Si3. The van der Waals surface area contributed by atoms with Crippen LogP contribution in [0.1, 0.15) is 134 Å². The summed E-state index contributed by atoms with van der Waals surface area (Å²) in [5.74, 6) is -0.841. The monoisotopic (exact) mass is 1120 g/mol. The lowest BCUT2D eigenvalue weighted by atomic mass is 9.81. The number of carbonyl (C=O) groups is 1. The molecule has 1 aliphatic rings. The molecule has 78 heavy (non-hydrogen) atoms. The molecule has 0 saturated carbocycles. The Morgan fingerprint density at radius 3 is 1.54 bits per heavy atom. The number of ether oxygens (including phenoxy) is 4.